The Bertz CT molecular complexity index is 1640. The molecule has 1 heterocycles. The number of rotatable bonds is 15. The fraction of sp³-hybridized carbons (Fsp3) is 0.756. The van der Waals surface area contributed by atoms with Gasteiger partial charge in [-0.1, -0.05) is 34.6 Å². The zero-order valence-electron chi connectivity index (χ0n) is 36.1. The smallest absolute Gasteiger partial charge is 0.312 e. The van der Waals surface area contributed by atoms with Gasteiger partial charge < -0.3 is 54.3 Å². The van der Waals surface area contributed by atoms with Crippen molar-refractivity contribution in [1.82, 2.24) is 0 Å². The van der Waals surface area contributed by atoms with Crippen LogP contribution in [-0.4, -0.2) is 136 Å². The molecule has 0 saturated carbocycles. The lowest BCUT2D eigenvalue weighted by Crippen LogP contribution is -2.49. The van der Waals surface area contributed by atoms with Crippen molar-refractivity contribution in [3.05, 3.63) is 0 Å². The molecule has 0 aromatic carbocycles. The highest BCUT2D eigenvalue weighted by Gasteiger charge is 2.56. The Morgan fingerprint density at radius 3 is 1.37 bits per heavy atom. The van der Waals surface area contributed by atoms with Gasteiger partial charge in [0, 0.05) is 18.4 Å². The lowest BCUT2D eigenvalue weighted by molar-refractivity contribution is -0.178. The molecule has 1 fully saturated rings. The van der Waals surface area contributed by atoms with Crippen molar-refractivity contribution in [2.24, 2.45) is 45.3 Å². The molecule has 21 heteroatoms. The molecular formula is C41H62O21. The van der Waals surface area contributed by atoms with E-state index in [2.05, 4.69) is 0 Å². The van der Waals surface area contributed by atoms with Gasteiger partial charge in [-0.3, -0.25) is 47.9 Å². The van der Waals surface area contributed by atoms with E-state index in [0.717, 1.165) is 6.92 Å². The number of esters is 5. The van der Waals surface area contributed by atoms with Crippen molar-refractivity contribution in [2.45, 2.75) is 106 Å². The number of carbonyl (C=O) groups excluding carboxylic acids is 6. The summed E-state index contributed by atoms with van der Waals surface area (Å²) in [7, 11) is 0. The number of ketones is 1. The van der Waals surface area contributed by atoms with Crippen LogP contribution in [0.2, 0.25) is 0 Å². The summed E-state index contributed by atoms with van der Waals surface area (Å²) in [6.45, 7) is 3.29. The van der Waals surface area contributed by atoms with Crippen molar-refractivity contribution in [2.75, 3.05) is 46.2 Å². The van der Waals surface area contributed by atoms with Crippen LogP contribution in [-0.2, 0) is 71.6 Å². The van der Waals surface area contributed by atoms with Gasteiger partial charge in [-0.15, -0.1) is 0 Å². The number of hydrogen-bond acceptors (Lipinski definition) is 17. The third kappa shape index (κ3) is 14.2. The summed E-state index contributed by atoms with van der Waals surface area (Å²) < 4.78 is 26.4. The molecule has 352 valence electrons. The molecule has 62 heavy (non-hydrogen) atoms. The fourth-order valence-electron chi connectivity index (χ4n) is 8.28. The molecule has 0 aromatic rings. The van der Waals surface area contributed by atoms with Gasteiger partial charge in [0.25, 0.3) is 0 Å². The van der Waals surface area contributed by atoms with E-state index in [1.54, 1.807) is 0 Å². The van der Waals surface area contributed by atoms with Gasteiger partial charge in [0.1, 0.15) is 38.8 Å². The van der Waals surface area contributed by atoms with Gasteiger partial charge in [0.15, 0.2) is 0 Å². The first-order chi connectivity index (χ1) is 28.9. The molecule has 0 radical (unpaired) electrons. The molecule has 1 aliphatic heterocycles. The quantitative estimate of drug-likeness (QED) is 0.101. The van der Waals surface area contributed by atoms with Crippen LogP contribution >= 0.6 is 0 Å². The number of ether oxygens (including phenoxy) is 5. The molecule has 0 spiro atoms. The largest absolute Gasteiger partial charge is 0.481 e. The molecule has 21 nitrogen and oxygen atoms in total. The lowest BCUT2D eigenvalue weighted by atomic mass is 9.59. The van der Waals surface area contributed by atoms with Crippen molar-refractivity contribution in [3.63, 3.8) is 0 Å². The molecule has 1 rings (SSSR count). The zero-order valence-corrected chi connectivity index (χ0v) is 36.1. The van der Waals surface area contributed by atoms with Gasteiger partial charge in [-0.25, -0.2) is 0 Å². The minimum absolute atomic E-state index is 0.101. The minimum atomic E-state index is -2.45. The molecule has 8 atom stereocenters. The third-order valence-electron chi connectivity index (χ3n) is 11.9. The van der Waals surface area contributed by atoms with Crippen LogP contribution in [0.25, 0.3) is 0 Å². The van der Waals surface area contributed by atoms with E-state index in [1.807, 2.05) is 0 Å². The van der Waals surface area contributed by atoms with Crippen molar-refractivity contribution >= 4 is 59.5 Å². The summed E-state index contributed by atoms with van der Waals surface area (Å²) in [5.74, 6) is -18.9. The number of carbonyl (C=O) groups is 10. The summed E-state index contributed by atoms with van der Waals surface area (Å²) in [4.78, 5) is 132. The maximum atomic E-state index is 13.8. The second-order valence-corrected chi connectivity index (χ2v) is 16.2. The maximum Gasteiger partial charge on any atom is 0.312 e. The molecular weight excluding hydrogens is 828 g/mol. The number of aliphatic hydroxyl groups excluding tert-OH is 2. The van der Waals surface area contributed by atoms with Gasteiger partial charge in [-0.05, 0) is 51.9 Å². The minimum Gasteiger partial charge on any atom is -0.481 e. The topological polar surface area (TPSA) is 338 Å². The average Bonchev–Trinajstić information content (AvgIpc) is 3.19. The Balaban J connectivity index is 4.02. The van der Waals surface area contributed by atoms with Crippen LogP contribution in [0.15, 0.2) is 0 Å². The predicted octanol–water partition coefficient (Wildman–Crippen LogP) is 2.04. The van der Waals surface area contributed by atoms with Crippen LogP contribution < -0.4 is 0 Å². The lowest BCUT2D eigenvalue weighted by Gasteiger charge is -2.42. The normalized spacial score (nSPS) is 30.3. The zero-order chi connectivity index (χ0) is 47.6. The van der Waals surface area contributed by atoms with E-state index < -0.39 is 196 Å². The summed E-state index contributed by atoms with van der Waals surface area (Å²) in [5, 5.41) is 60.2. The first kappa shape index (κ1) is 54.8. The number of aliphatic hydroxyl groups is 2. The summed E-state index contributed by atoms with van der Waals surface area (Å²) in [6, 6.07) is 0. The molecule has 8 unspecified atom stereocenters. The Labute approximate surface area is 358 Å². The van der Waals surface area contributed by atoms with Gasteiger partial charge in [-0.2, -0.15) is 0 Å². The maximum absolute atomic E-state index is 13.8. The Hall–Kier alpha value is -5.18. The van der Waals surface area contributed by atoms with Crippen LogP contribution in [0.5, 0.6) is 0 Å². The molecule has 1 aliphatic rings. The Kier molecular flexibility index (Phi) is 21.6. The molecule has 0 aromatic heterocycles. The summed E-state index contributed by atoms with van der Waals surface area (Å²) in [5.41, 5.74) is -9.07. The Morgan fingerprint density at radius 2 is 1.02 bits per heavy atom. The number of carboxylic acid groups (broad SMARTS) is 4. The first-order valence-corrected chi connectivity index (χ1v) is 20.4. The predicted molar refractivity (Wildman–Crippen MR) is 208 cm³/mol. The highest BCUT2D eigenvalue weighted by Crippen LogP contribution is 2.50. The van der Waals surface area contributed by atoms with Gasteiger partial charge in [0.05, 0.1) is 59.4 Å². The number of carboxylic acids is 4. The molecule has 0 amide bonds. The first-order valence-electron chi connectivity index (χ1n) is 20.4. The highest BCUT2D eigenvalue weighted by molar-refractivity contribution is 5.92. The number of cyclic esters (lactones) is 4. The van der Waals surface area contributed by atoms with Crippen molar-refractivity contribution in [1.29, 1.82) is 0 Å². The van der Waals surface area contributed by atoms with E-state index in [9.17, 15) is 78.6 Å². The van der Waals surface area contributed by atoms with Crippen LogP contribution in [0, 0.1) is 45.3 Å². The van der Waals surface area contributed by atoms with Crippen molar-refractivity contribution in [3.8, 4) is 0 Å². The Morgan fingerprint density at radius 1 is 0.613 bits per heavy atom. The summed E-state index contributed by atoms with van der Waals surface area (Å²) in [6.07, 6.45) is -6.40. The van der Waals surface area contributed by atoms with E-state index in [0.29, 0.717) is 0 Å². The fourth-order valence-corrected chi connectivity index (χ4v) is 8.28. The van der Waals surface area contributed by atoms with E-state index >= 15 is 0 Å². The van der Waals surface area contributed by atoms with Gasteiger partial charge in [0.2, 0.25) is 0 Å². The van der Waals surface area contributed by atoms with Crippen LogP contribution in [0.1, 0.15) is 106 Å². The van der Waals surface area contributed by atoms with Crippen LogP contribution in [0.3, 0.4) is 0 Å². The second-order valence-electron chi connectivity index (χ2n) is 16.2. The number of Topliss-reactive ketones (excluding diaryl/α,β-unsaturated/α-hetero) is 1. The number of hydrogen-bond donors (Lipinski definition) is 6. The van der Waals surface area contributed by atoms with Crippen LogP contribution in [0.4, 0.5) is 0 Å². The monoisotopic (exact) mass is 890 g/mol. The number of aliphatic carboxylic acids is 4. The average molecular weight is 891 g/mol. The molecule has 0 aliphatic carbocycles. The van der Waals surface area contributed by atoms with E-state index in [-0.39, 0.29) is 19.3 Å². The second kappa shape index (κ2) is 24.5. The highest BCUT2D eigenvalue weighted by atomic mass is 16.6. The van der Waals surface area contributed by atoms with E-state index in [1.165, 1.54) is 34.6 Å². The van der Waals surface area contributed by atoms with Gasteiger partial charge >= 0.3 is 53.7 Å². The standard InChI is InChI=1S/C41H62O21/c1-7-25-18-40(35(53)54,20-29(45)46)22-38(5,37(57)62-13-12-43)24(4)31(49)58-14-17-61-34(52)27(9-3)39(6,28(44)10-11-42)23-41(36(55)56,21-30(47)48)19-26(8-2)33(51)60-16-15-59-32(25)50/h24-27,42-43H,7-23H2,1-6H3,(H,45,46)(H,47,48)(H,53,54)(H,55,56). The molecule has 6 N–H and O–H groups in total. The third-order valence-corrected chi connectivity index (χ3v) is 11.9. The van der Waals surface area contributed by atoms with E-state index in [4.69, 9.17) is 23.7 Å². The van der Waals surface area contributed by atoms with Crippen molar-refractivity contribution < 1.29 is 102 Å². The SMILES string of the molecule is CCC1CC(CC(=O)O)(C(=O)O)CC(C)(C(=O)OCCO)C(C)C(=O)OCCOC(=O)C(CC)C(C)(C(=O)CCO)CC(CC(=O)O)(C(=O)O)CC(CC)C(=O)OCCOC1=O. The molecule has 0 bridgehead atoms. The molecule has 1 saturated heterocycles. The summed E-state index contributed by atoms with van der Waals surface area (Å²) >= 11 is 0.